The number of carbonyl (C=O) groups excluding carboxylic acids is 6. The van der Waals surface area contributed by atoms with Crippen LogP contribution in [0.4, 0.5) is 14.9 Å². The van der Waals surface area contributed by atoms with Gasteiger partial charge in [0.1, 0.15) is 17.3 Å². The van der Waals surface area contributed by atoms with Crippen molar-refractivity contribution in [3.63, 3.8) is 0 Å². The minimum Gasteiger partial charge on any atom is -0.505 e. The van der Waals surface area contributed by atoms with Gasteiger partial charge in [0.25, 0.3) is 0 Å². The highest BCUT2D eigenvalue weighted by molar-refractivity contribution is 6.33. The van der Waals surface area contributed by atoms with Crippen molar-refractivity contribution < 1.29 is 53.2 Å². The topological polar surface area (TPSA) is 214 Å². The lowest BCUT2D eigenvalue weighted by molar-refractivity contribution is -0.237. The second kappa shape index (κ2) is 10.3. The number of phenolic OH excluding ortho intramolecular Hbond substituents is 1. The average molecular weight is 626 g/mol. The molecular formula is C31H32FN3O10. The number of ketones is 4. The van der Waals surface area contributed by atoms with E-state index in [1.165, 1.54) is 57.1 Å². The van der Waals surface area contributed by atoms with Crippen LogP contribution in [0.25, 0.3) is 0 Å². The van der Waals surface area contributed by atoms with Gasteiger partial charge in [-0.3, -0.25) is 34.2 Å². The largest absolute Gasteiger partial charge is 0.505 e. The molecule has 2 saturated carbocycles. The summed E-state index contributed by atoms with van der Waals surface area (Å²) in [6.45, 7) is 4.18. The first kappa shape index (κ1) is 31.9. The number of Topliss-reactive ketones (excluding diaryl/α,β-unsaturated/α-hetero) is 4. The average Bonchev–Trinajstić information content (AvgIpc) is 2.95. The minimum atomic E-state index is -3.21. The molecule has 0 aliphatic heterocycles. The molecule has 0 heterocycles. The van der Waals surface area contributed by atoms with Gasteiger partial charge in [0.2, 0.25) is 5.91 Å². The highest BCUT2D eigenvalue weighted by Crippen LogP contribution is 2.65. The fourth-order valence-electron chi connectivity index (χ4n) is 7.78. The number of likely N-dealkylation sites (N-methyl/N-ethyl adjacent to an activating group) is 1. The van der Waals surface area contributed by atoms with Crippen molar-refractivity contribution in [2.24, 2.45) is 28.4 Å². The molecular weight excluding hydrogens is 593 g/mol. The monoisotopic (exact) mass is 625 g/mol. The normalized spacial score (nSPS) is 34.1. The molecule has 0 saturated heterocycles. The molecule has 2 aromatic carbocycles. The lowest BCUT2D eigenvalue weighted by atomic mass is 9.39. The Labute approximate surface area is 256 Å². The van der Waals surface area contributed by atoms with Gasteiger partial charge in [-0.15, -0.1) is 0 Å². The van der Waals surface area contributed by atoms with Crippen molar-refractivity contribution in [2.45, 2.75) is 44.4 Å². The van der Waals surface area contributed by atoms with Gasteiger partial charge >= 0.3 is 6.09 Å². The standard InChI is InChI=1S/C31H32FN3O10/c1-12-15-10-11-16(34-28(43)45-14-8-6-13(32)7-9-14)20(36)17(15)21(37)19-25(40)31(44)24(39)18(26(33)41)22(38)23(35(4)5)30(31,3)27(42)29(12,19)2/h6-12,18-19,23,27,36,42,44H,1-5H3,(H2,33,41)(H,34,43)/t12-,18?,19?,23+,27-,29+,30+,31+/m0/s1. The molecule has 238 valence electrons. The van der Waals surface area contributed by atoms with E-state index in [0.717, 1.165) is 12.1 Å². The maximum atomic E-state index is 14.4. The van der Waals surface area contributed by atoms with Gasteiger partial charge in [0, 0.05) is 5.41 Å². The molecule has 6 N–H and O–H groups in total. The molecule has 14 heteroatoms. The van der Waals surface area contributed by atoms with Crippen molar-refractivity contribution in [2.75, 3.05) is 19.4 Å². The summed E-state index contributed by atoms with van der Waals surface area (Å²) in [6.07, 6.45) is -2.97. The third-order valence-electron chi connectivity index (χ3n) is 10.1. The number of nitrogens with two attached hydrogens (primary N) is 1. The van der Waals surface area contributed by atoms with Crippen molar-refractivity contribution in [3.8, 4) is 11.5 Å². The van der Waals surface area contributed by atoms with Gasteiger partial charge in [0.05, 0.1) is 34.7 Å². The molecule has 2 amide bonds. The molecule has 2 aromatic rings. The number of halogens is 1. The third kappa shape index (κ3) is 4.02. The number of aliphatic hydroxyl groups is 2. The van der Waals surface area contributed by atoms with Crippen LogP contribution in [0.1, 0.15) is 42.6 Å². The number of aliphatic hydroxyl groups excluding tert-OH is 1. The molecule has 5 rings (SSSR count). The Kier molecular flexibility index (Phi) is 7.27. The number of hydrogen-bond donors (Lipinski definition) is 5. The van der Waals surface area contributed by atoms with E-state index >= 15 is 0 Å². The van der Waals surface area contributed by atoms with Gasteiger partial charge < -0.3 is 25.8 Å². The molecule has 0 bridgehead atoms. The fourth-order valence-corrected chi connectivity index (χ4v) is 7.78. The van der Waals surface area contributed by atoms with E-state index in [-0.39, 0.29) is 17.0 Å². The summed E-state index contributed by atoms with van der Waals surface area (Å²) < 4.78 is 18.3. The predicted octanol–water partition coefficient (Wildman–Crippen LogP) is 0.929. The third-order valence-corrected chi connectivity index (χ3v) is 10.1. The van der Waals surface area contributed by atoms with Crippen molar-refractivity contribution in [1.82, 2.24) is 4.90 Å². The first-order valence-corrected chi connectivity index (χ1v) is 14.0. The van der Waals surface area contributed by atoms with E-state index in [9.17, 15) is 48.5 Å². The summed E-state index contributed by atoms with van der Waals surface area (Å²) in [6, 6.07) is 5.62. The van der Waals surface area contributed by atoms with Crippen LogP contribution in [0, 0.1) is 28.5 Å². The number of nitrogens with one attached hydrogen (secondary N) is 1. The zero-order chi connectivity index (χ0) is 33.5. The number of hydrogen-bond acceptors (Lipinski definition) is 11. The molecule has 0 radical (unpaired) electrons. The Morgan fingerprint density at radius 1 is 1.02 bits per heavy atom. The van der Waals surface area contributed by atoms with Crippen LogP contribution in [0.2, 0.25) is 0 Å². The van der Waals surface area contributed by atoms with E-state index in [1.807, 2.05) is 0 Å². The first-order chi connectivity index (χ1) is 20.9. The number of carbonyl (C=O) groups is 6. The summed E-state index contributed by atoms with van der Waals surface area (Å²) in [5, 5.41) is 37.7. The highest BCUT2D eigenvalue weighted by atomic mass is 19.1. The number of phenols is 1. The summed E-state index contributed by atoms with van der Waals surface area (Å²) in [5.41, 5.74) is -2.34. The lowest BCUT2D eigenvalue weighted by Gasteiger charge is -2.65. The maximum absolute atomic E-state index is 14.4. The van der Waals surface area contributed by atoms with Crippen molar-refractivity contribution in [3.05, 3.63) is 53.3 Å². The smallest absolute Gasteiger partial charge is 0.417 e. The number of primary amides is 1. The number of fused-ring (bicyclic) bond motifs is 3. The zero-order valence-electron chi connectivity index (χ0n) is 25.0. The Morgan fingerprint density at radius 3 is 2.18 bits per heavy atom. The van der Waals surface area contributed by atoms with Crippen LogP contribution in [0.5, 0.6) is 11.5 Å². The molecule has 2 unspecified atom stereocenters. The summed E-state index contributed by atoms with van der Waals surface area (Å²) in [5.74, 6) is -12.8. The van der Waals surface area contributed by atoms with Crippen molar-refractivity contribution in [1.29, 1.82) is 0 Å². The van der Waals surface area contributed by atoms with Gasteiger partial charge in [-0.25, -0.2) is 9.18 Å². The van der Waals surface area contributed by atoms with E-state index < -0.39 is 98.6 Å². The molecule has 2 fully saturated rings. The zero-order valence-corrected chi connectivity index (χ0v) is 25.0. The second-order valence-corrected chi connectivity index (χ2v) is 12.5. The maximum Gasteiger partial charge on any atom is 0.417 e. The van der Waals surface area contributed by atoms with E-state index in [2.05, 4.69) is 5.32 Å². The Hall–Kier alpha value is -4.53. The number of ether oxygens (including phenoxy) is 1. The highest BCUT2D eigenvalue weighted by Gasteiger charge is 2.81. The Balaban J connectivity index is 1.63. The number of amides is 2. The number of benzene rings is 2. The molecule has 3 aliphatic rings. The summed E-state index contributed by atoms with van der Waals surface area (Å²) >= 11 is 0. The lowest BCUT2D eigenvalue weighted by Crippen LogP contribution is -2.84. The first-order valence-electron chi connectivity index (χ1n) is 14.0. The summed E-state index contributed by atoms with van der Waals surface area (Å²) in [4.78, 5) is 81.9. The van der Waals surface area contributed by atoms with Gasteiger partial charge in [-0.05, 0) is 55.9 Å². The van der Waals surface area contributed by atoms with Crippen LogP contribution in [-0.4, -0.2) is 87.2 Å². The number of aromatic hydroxyl groups is 1. The summed E-state index contributed by atoms with van der Waals surface area (Å²) in [7, 11) is 2.82. The van der Waals surface area contributed by atoms with Crippen LogP contribution in [-0.2, 0) is 19.2 Å². The minimum absolute atomic E-state index is 0.0224. The number of nitrogens with zero attached hydrogens (tertiary/aromatic N) is 1. The SMILES string of the molecule is C[C@H]1c2ccc(NC(=O)Oc3ccc(F)cc3)c(O)c2C(=O)C2C(=O)[C@]3(O)C(=O)C(C(N)=O)C(=O)[C@@H](N(C)C)[C@]3(C)[C@@H](O)[C@@]21C. The number of rotatable bonds is 4. The van der Waals surface area contributed by atoms with E-state index in [4.69, 9.17) is 10.5 Å². The van der Waals surface area contributed by atoms with Crippen LogP contribution < -0.4 is 15.8 Å². The molecule has 13 nitrogen and oxygen atoms in total. The van der Waals surface area contributed by atoms with E-state index in [0.29, 0.717) is 0 Å². The van der Waals surface area contributed by atoms with Crippen LogP contribution >= 0.6 is 0 Å². The van der Waals surface area contributed by atoms with E-state index in [1.54, 1.807) is 6.92 Å². The molecule has 0 aromatic heterocycles. The van der Waals surface area contributed by atoms with Gasteiger partial charge in [-0.1, -0.05) is 26.8 Å². The molecule has 3 aliphatic carbocycles. The Bertz CT molecular complexity index is 1690. The molecule has 8 atom stereocenters. The van der Waals surface area contributed by atoms with Crippen LogP contribution in [0.15, 0.2) is 36.4 Å². The van der Waals surface area contributed by atoms with Crippen molar-refractivity contribution >= 4 is 40.8 Å². The van der Waals surface area contributed by atoms with Gasteiger partial charge in [-0.2, -0.15) is 0 Å². The quantitative estimate of drug-likeness (QED) is 0.238. The van der Waals surface area contributed by atoms with Gasteiger partial charge in [0.15, 0.2) is 34.7 Å². The molecule has 45 heavy (non-hydrogen) atoms. The second-order valence-electron chi connectivity index (χ2n) is 12.5. The van der Waals surface area contributed by atoms with Crippen LogP contribution in [0.3, 0.4) is 0 Å². The Morgan fingerprint density at radius 2 is 1.62 bits per heavy atom. The predicted molar refractivity (Wildman–Crippen MR) is 153 cm³/mol. The molecule has 0 spiro atoms. The number of anilines is 1. The fraction of sp³-hybridized carbons (Fsp3) is 0.419.